The number of benzene rings is 3. The zero-order chi connectivity index (χ0) is 22.5. The lowest BCUT2D eigenvalue weighted by atomic mass is 9.98. The Labute approximate surface area is 185 Å². The summed E-state index contributed by atoms with van der Waals surface area (Å²) in [5, 5.41) is 12.0. The molecule has 0 spiro atoms. The van der Waals surface area contributed by atoms with Gasteiger partial charge in [-0.1, -0.05) is 60.7 Å². The number of fused-ring (bicyclic) bond motifs is 3. The first-order valence-corrected chi connectivity index (χ1v) is 10.2. The second-order valence-electron chi connectivity index (χ2n) is 7.46. The van der Waals surface area contributed by atoms with E-state index in [-0.39, 0.29) is 24.7 Å². The van der Waals surface area contributed by atoms with Crippen LogP contribution in [0.2, 0.25) is 0 Å². The van der Waals surface area contributed by atoms with Gasteiger partial charge in [0.15, 0.2) is 0 Å². The number of alkyl carbamates (subject to hydrolysis) is 1. The molecule has 0 saturated carbocycles. The Morgan fingerprint density at radius 3 is 2.12 bits per heavy atom. The maximum atomic E-state index is 12.6. The first-order valence-electron chi connectivity index (χ1n) is 10.2. The van der Waals surface area contributed by atoms with E-state index >= 15 is 0 Å². The van der Waals surface area contributed by atoms with Crippen LogP contribution in [0.3, 0.4) is 0 Å². The molecule has 0 heterocycles. The van der Waals surface area contributed by atoms with Gasteiger partial charge in [0, 0.05) is 12.3 Å². The molecule has 7 heteroatoms. The molecule has 3 aromatic carbocycles. The SMILES string of the molecule is COOC(=O)C(Cc1ccc(O)cc1)NC(=O)OCC1c2ccccc2-c2ccccc21. The Kier molecular flexibility index (Phi) is 6.37. The normalized spacial score (nSPS) is 13.0. The monoisotopic (exact) mass is 433 g/mol. The largest absolute Gasteiger partial charge is 0.508 e. The van der Waals surface area contributed by atoms with Crippen molar-refractivity contribution in [3.8, 4) is 16.9 Å². The molecule has 3 aromatic rings. The summed E-state index contributed by atoms with van der Waals surface area (Å²) in [6, 6.07) is 21.4. The summed E-state index contributed by atoms with van der Waals surface area (Å²) in [6.07, 6.45) is -0.587. The third-order valence-electron chi connectivity index (χ3n) is 5.46. The van der Waals surface area contributed by atoms with Crippen molar-refractivity contribution >= 4 is 12.1 Å². The van der Waals surface area contributed by atoms with Gasteiger partial charge >= 0.3 is 12.1 Å². The van der Waals surface area contributed by atoms with Crippen molar-refractivity contribution in [3.05, 3.63) is 89.5 Å². The van der Waals surface area contributed by atoms with Crippen molar-refractivity contribution in [2.75, 3.05) is 13.7 Å². The average molecular weight is 433 g/mol. The van der Waals surface area contributed by atoms with Gasteiger partial charge in [0.25, 0.3) is 0 Å². The minimum Gasteiger partial charge on any atom is -0.508 e. The second-order valence-corrected chi connectivity index (χ2v) is 7.46. The number of carbonyl (C=O) groups excluding carboxylic acids is 2. The highest BCUT2D eigenvalue weighted by Gasteiger charge is 2.30. The number of rotatable bonds is 7. The minimum atomic E-state index is -1.02. The van der Waals surface area contributed by atoms with Crippen molar-refractivity contribution in [1.29, 1.82) is 0 Å². The Morgan fingerprint density at radius 1 is 0.938 bits per heavy atom. The lowest BCUT2D eigenvalue weighted by molar-refractivity contribution is -0.256. The quantitative estimate of drug-likeness (QED) is 0.433. The highest BCUT2D eigenvalue weighted by Crippen LogP contribution is 2.44. The van der Waals surface area contributed by atoms with Crippen molar-refractivity contribution in [2.45, 2.75) is 18.4 Å². The number of phenolic OH excluding ortho intramolecular Hbond substituents is 1. The topological polar surface area (TPSA) is 94.1 Å². The maximum absolute atomic E-state index is 12.6. The molecule has 32 heavy (non-hydrogen) atoms. The van der Waals surface area contributed by atoms with E-state index in [9.17, 15) is 14.7 Å². The van der Waals surface area contributed by atoms with Crippen molar-refractivity contribution in [3.63, 3.8) is 0 Å². The first kappa shape index (κ1) is 21.4. The van der Waals surface area contributed by atoms with Crippen molar-refractivity contribution in [1.82, 2.24) is 5.32 Å². The minimum absolute atomic E-state index is 0.0883. The summed E-state index contributed by atoms with van der Waals surface area (Å²) < 4.78 is 5.52. The molecule has 1 amide bonds. The Morgan fingerprint density at radius 2 is 1.53 bits per heavy atom. The Hall–Kier alpha value is -3.84. The average Bonchev–Trinajstić information content (AvgIpc) is 3.12. The molecule has 7 nitrogen and oxygen atoms in total. The summed E-state index contributed by atoms with van der Waals surface area (Å²) in [6.45, 7) is 0.130. The van der Waals surface area contributed by atoms with Gasteiger partial charge in [0.05, 0.1) is 7.11 Å². The second kappa shape index (κ2) is 9.53. The molecule has 0 aliphatic heterocycles. The highest BCUT2D eigenvalue weighted by atomic mass is 17.2. The third-order valence-corrected chi connectivity index (χ3v) is 5.46. The molecular formula is C25H23NO6. The first-order chi connectivity index (χ1) is 15.6. The van der Waals surface area contributed by atoms with Gasteiger partial charge in [0.2, 0.25) is 0 Å². The molecule has 4 rings (SSSR count). The van der Waals surface area contributed by atoms with E-state index in [1.807, 2.05) is 36.4 Å². The molecule has 1 unspecified atom stereocenters. The summed E-state index contributed by atoms with van der Waals surface area (Å²) in [5.41, 5.74) is 5.18. The Bertz CT molecular complexity index is 1070. The van der Waals surface area contributed by atoms with E-state index in [4.69, 9.17) is 4.74 Å². The summed E-state index contributed by atoms with van der Waals surface area (Å²) >= 11 is 0. The molecule has 0 aromatic heterocycles. The fraction of sp³-hybridized carbons (Fsp3) is 0.200. The molecule has 1 atom stereocenters. The molecule has 0 radical (unpaired) electrons. The van der Waals surface area contributed by atoms with Gasteiger partial charge < -0.3 is 15.2 Å². The highest BCUT2D eigenvalue weighted by molar-refractivity contribution is 5.82. The fourth-order valence-electron chi connectivity index (χ4n) is 3.98. The molecule has 1 aliphatic carbocycles. The molecule has 0 saturated heterocycles. The third kappa shape index (κ3) is 4.58. The van der Waals surface area contributed by atoms with E-state index in [0.717, 1.165) is 27.8 Å². The van der Waals surface area contributed by atoms with Gasteiger partial charge in [-0.25, -0.2) is 9.59 Å². The number of ether oxygens (including phenoxy) is 1. The smallest absolute Gasteiger partial charge is 0.407 e. The van der Waals surface area contributed by atoms with Crippen LogP contribution in [-0.2, 0) is 25.7 Å². The van der Waals surface area contributed by atoms with Crippen LogP contribution in [-0.4, -0.2) is 36.9 Å². The van der Waals surface area contributed by atoms with Gasteiger partial charge in [-0.3, -0.25) is 4.89 Å². The van der Waals surface area contributed by atoms with Crippen LogP contribution in [0.4, 0.5) is 4.79 Å². The van der Waals surface area contributed by atoms with Crippen LogP contribution in [0.25, 0.3) is 11.1 Å². The van der Waals surface area contributed by atoms with Gasteiger partial charge in [-0.2, -0.15) is 4.89 Å². The van der Waals surface area contributed by atoms with Gasteiger partial charge in [0.1, 0.15) is 18.4 Å². The van der Waals surface area contributed by atoms with Gasteiger partial charge in [-0.05, 0) is 39.9 Å². The number of hydrogen-bond acceptors (Lipinski definition) is 6. The predicted octanol–water partition coefficient (Wildman–Crippen LogP) is 3.95. The standard InChI is InChI=1S/C25H23NO6/c1-30-32-24(28)23(14-16-10-12-17(27)13-11-16)26-25(29)31-15-22-20-8-4-2-6-18(20)19-7-3-5-9-21(19)22/h2-13,22-23,27H,14-15H2,1H3,(H,26,29). The van der Waals surface area contributed by atoms with Gasteiger partial charge in [-0.15, -0.1) is 0 Å². The van der Waals surface area contributed by atoms with E-state index in [2.05, 4.69) is 27.2 Å². The number of nitrogens with one attached hydrogen (secondary N) is 1. The zero-order valence-electron chi connectivity index (χ0n) is 17.5. The van der Waals surface area contributed by atoms with Crippen LogP contribution < -0.4 is 5.32 Å². The lowest BCUT2D eigenvalue weighted by Crippen LogP contribution is -2.43. The van der Waals surface area contributed by atoms with Crippen molar-refractivity contribution in [2.24, 2.45) is 0 Å². The summed E-state index contributed by atoms with van der Waals surface area (Å²) in [5.74, 6) is -0.738. The molecule has 1 aliphatic rings. The number of hydrogen-bond donors (Lipinski definition) is 2. The van der Waals surface area contributed by atoms with Crippen molar-refractivity contribution < 1.29 is 29.2 Å². The summed E-state index contributed by atoms with van der Waals surface area (Å²) in [4.78, 5) is 33.9. The number of aromatic hydroxyl groups is 1. The van der Waals surface area contributed by atoms with E-state index in [0.29, 0.717) is 0 Å². The van der Waals surface area contributed by atoms with Crippen LogP contribution in [0.1, 0.15) is 22.6 Å². The van der Waals surface area contributed by atoms with E-state index in [1.54, 1.807) is 12.1 Å². The Balaban J connectivity index is 1.44. The zero-order valence-corrected chi connectivity index (χ0v) is 17.5. The molecule has 0 bridgehead atoms. The summed E-state index contributed by atoms with van der Waals surface area (Å²) in [7, 11) is 1.21. The van der Waals surface area contributed by atoms with E-state index < -0.39 is 18.1 Å². The predicted molar refractivity (Wildman–Crippen MR) is 117 cm³/mol. The lowest BCUT2D eigenvalue weighted by Gasteiger charge is -2.18. The molecule has 0 fully saturated rings. The molecule has 2 N–H and O–H groups in total. The molecule has 164 valence electrons. The number of amides is 1. The number of phenols is 1. The van der Waals surface area contributed by atoms with Crippen LogP contribution in [0.15, 0.2) is 72.8 Å². The maximum Gasteiger partial charge on any atom is 0.407 e. The number of carbonyl (C=O) groups is 2. The van der Waals surface area contributed by atoms with E-state index in [1.165, 1.54) is 19.2 Å². The van der Waals surface area contributed by atoms with Crippen LogP contribution in [0.5, 0.6) is 5.75 Å². The fourth-order valence-corrected chi connectivity index (χ4v) is 3.98. The van der Waals surface area contributed by atoms with Crippen LogP contribution in [0, 0.1) is 0 Å². The molecular weight excluding hydrogens is 410 g/mol. The van der Waals surface area contributed by atoms with Crippen LogP contribution >= 0.6 is 0 Å².